The molecular weight excluding hydrogens is 344 g/mol. The number of aryl methyl sites for hydroxylation is 1. The number of nitrogens with one attached hydrogen (secondary N) is 2. The summed E-state index contributed by atoms with van der Waals surface area (Å²) in [6.07, 6.45) is 3.23. The molecule has 136 valence electrons. The highest BCUT2D eigenvalue weighted by molar-refractivity contribution is 6.04. The first-order valence-corrected chi connectivity index (χ1v) is 8.32. The van der Waals surface area contributed by atoms with Crippen LogP contribution in [0, 0.1) is 17.0 Å². The van der Waals surface area contributed by atoms with E-state index in [1.807, 2.05) is 12.1 Å². The number of amides is 1. The van der Waals surface area contributed by atoms with Crippen LogP contribution in [0.5, 0.6) is 0 Å². The van der Waals surface area contributed by atoms with Crippen molar-refractivity contribution >= 4 is 23.0 Å². The number of nitrogens with zero attached hydrogens (tertiary/aromatic N) is 2. The summed E-state index contributed by atoms with van der Waals surface area (Å²) in [5.74, 6) is -0.188. The smallest absolute Gasteiger partial charge is 0.272 e. The molecule has 0 spiro atoms. The second-order valence-corrected chi connectivity index (χ2v) is 6.00. The number of rotatable bonds is 6. The van der Waals surface area contributed by atoms with Gasteiger partial charge in [0.25, 0.3) is 11.6 Å². The van der Waals surface area contributed by atoms with E-state index in [4.69, 9.17) is 0 Å². The minimum absolute atomic E-state index is 0.102. The first kappa shape index (κ1) is 18.1. The maximum atomic E-state index is 12.2. The number of aromatic nitrogens is 1. The molecule has 2 aromatic carbocycles. The van der Waals surface area contributed by atoms with Crippen LogP contribution in [0.4, 0.5) is 17.1 Å². The van der Waals surface area contributed by atoms with Gasteiger partial charge in [-0.25, -0.2) is 0 Å². The lowest BCUT2D eigenvalue weighted by Crippen LogP contribution is -2.12. The lowest BCUT2D eigenvalue weighted by atomic mass is 10.1. The molecule has 0 aliphatic carbocycles. The Morgan fingerprint density at radius 3 is 2.37 bits per heavy atom. The van der Waals surface area contributed by atoms with Gasteiger partial charge in [0.05, 0.1) is 4.92 Å². The summed E-state index contributed by atoms with van der Waals surface area (Å²) in [5.41, 5.74) is 3.75. The van der Waals surface area contributed by atoms with Crippen molar-refractivity contribution in [1.82, 2.24) is 4.98 Å². The summed E-state index contributed by atoms with van der Waals surface area (Å²) in [6, 6.07) is 15.6. The fourth-order valence-corrected chi connectivity index (χ4v) is 2.59. The van der Waals surface area contributed by atoms with Crippen LogP contribution in [-0.4, -0.2) is 15.8 Å². The van der Waals surface area contributed by atoms with Crippen LogP contribution in [-0.2, 0) is 6.54 Å². The number of nitro groups is 1. The van der Waals surface area contributed by atoms with Gasteiger partial charge in [-0.1, -0.05) is 12.1 Å². The summed E-state index contributed by atoms with van der Waals surface area (Å²) < 4.78 is 0. The lowest BCUT2D eigenvalue weighted by Gasteiger charge is -2.09. The van der Waals surface area contributed by atoms with Gasteiger partial charge in [-0.05, 0) is 48.9 Å². The van der Waals surface area contributed by atoms with E-state index < -0.39 is 4.92 Å². The van der Waals surface area contributed by atoms with Gasteiger partial charge in [-0.3, -0.25) is 19.9 Å². The molecule has 7 heteroatoms. The maximum Gasteiger partial charge on any atom is 0.272 e. The zero-order valence-corrected chi connectivity index (χ0v) is 14.7. The quantitative estimate of drug-likeness (QED) is 0.507. The first-order chi connectivity index (χ1) is 13.0. The lowest BCUT2D eigenvalue weighted by molar-refractivity contribution is -0.385. The molecular formula is C20H18N4O3. The largest absolute Gasteiger partial charge is 0.381 e. The molecule has 0 fully saturated rings. The molecule has 0 aliphatic heterocycles. The van der Waals surface area contributed by atoms with Crippen LogP contribution in [0.15, 0.2) is 67.0 Å². The topological polar surface area (TPSA) is 97.2 Å². The van der Waals surface area contributed by atoms with Crippen LogP contribution < -0.4 is 10.6 Å². The van der Waals surface area contributed by atoms with E-state index in [1.54, 1.807) is 55.7 Å². The Labute approximate surface area is 156 Å². The van der Waals surface area contributed by atoms with E-state index in [-0.39, 0.29) is 11.6 Å². The molecule has 27 heavy (non-hydrogen) atoms. The van der Waals surface area contributed by atoms with Crippen LogP contribution in [0.3, 0.4) is 0 Å². The van der Waals surface area contributed by atoms with Gasteiger partial charge in [0.15, 0.2) is 0 Å². The minimum atomic E-state index is -0.394. The van der Waals surface area contributed by atoms with Gasteiger partial charge >= 0.3 is 0 Å². The second kappa shape index (κ2) is 8.09. The molecule has 1 aromatic heterocycles. The highest BCUT2D eigenvalue weighted by atomic mass is 16.6. The fourth-order valence-electron chi connectivity index (χ4n) is 2.59. The van der Waals surface area contributed by atoms with Crippen LogP contribution in [0.1, 0.15) is 21.5 Å². The van der Waals surface area contributed by atoms with Crippen molar-refractivity contribution in [3.05, 3.63) is 93.8 Å². The number of benzene rings is 2. The molecule has 0 atom stereocenters. The average Bonchev–Trinajstić information content (AvgIpc) is 2.67. The predicted octanol–water partition coefficient (Wildman–Crippen LogP) is 4.16. The van der Waals surface area contributed by atoms with Gasteiger partial charge in [0.1, 0.15) is 0 Å². The van der Waals surface area contributed by atoms with Crippen LogP contribution in [0.2, 0.25) is 0 Å². The fraction of sp³-hybridized carbons (Fsp3) is 0.100. The molecule has 1 amide bonds. The van der Waals surface area contributed by atoms with Gasteiger partial charge in [0, 0.05) is 47.5 Å². The van der Waals surface area contributed by atoms with Crippen LogP contribution >= 0.6 is 0 Å². The molecule has 0 saturated carbocycles. The molecule has 2 N–H and O–H groups in total. The molecule has 0 saturated heterocycles. The number of anilines is 2. The number of hydrogen-bond donors (Lipinski definition) is 2. The Hall–Kier alpha value is -3.74. The van der Waals surface area contributed by atoms with Crippen molar-refractivity contribution in [3.63, 3.8) is 0 Å². The second-order valence-electron chi connectivity index (χ2n) is 6.00. The Bertz CT molecular complexity index is 957. The summed E-state index contributed by atoms with van der Waals surface area (Å²) in [5, 5.41) is 16.9. The Morgan fingerprint density at radius 1 is 1.04 bits per heavy atom. The molecule has 3 rings (SSSR count). The van der Waals surface area contributed by atoms with E-state index in [1.165, 1.54) is 6.07 Å². The number of pyridine rings is 1. The first-order valence-electron chi connectivity index (χ1n) is 8.32. The summed E-state index contributed by atoms with van der Waals surface area (Å²) >= 11 is 0. The zero-order valence-electron chi connectivity index (χ0n) is 14.7. The molecule has 0 radical (unpaired) electrons. The normalized spacial score (nSPS) is 10.3. The number of carbonyl (C=O) groups excluding carboxylic acids is 1. The van der Waals surface area contributed by atoms with Crippen molar-refractivity contribution in [1.29, 1.82) is 0 Å². The van der Waals surface area contributed by atoms with Gasteiger partial charge in [-0.2, -0.15) is 0 Å². The van der Waals surface area contributed by atoms with Crippen molar-refractivity contribution in [2.75, 3.05) is 10.6 Å². The van der Waals surface area contributed by atoms with Crippen molar-refractivity contribution in [2.24, 2.45) is 0 Å². The van der Waals surface area contributed by atoms with E-state index in [0.717, 1.165) is 11.3 Å². The third-order valence-electron chi connectivity index (χ3n) is 4.04. The third-order valence-corrected chi connectivity index (χ3v) is 4.04. The van der Waals surface area contributed by atoms with Gasteiger partial charge in [-0.15, -0.1) is 0 Å². The van der Waals surface area contributed by atoms with E-state index in [9.17, 15) is 14.9 Å². The minimum Gasteiger partial charge on any atom is -0.381 e. The van der Waals surface area contributed by atoms with Gasteiger partial charge in [0.2, 0.25) is 0 Å². The number of hydrogen-bond acceptors (Lipinski definition) is 5. The standard InChI is InChI=1S/C20H18N4O3/c1-14-12-18(6-7-19(14)24(26)27)22-13-15-2-4-16(5-3-15)20(25)23-17-8-10-21-11-9-17/h2-12,22H,13H2,1H3,(H,21,23,25). The highest BCUT2D eigenvalue weighted by Gasteiger charge is 2.10. The van der Waals surface area contributed by atoms with Crippen molar-refractivity contribution < 1.29 is 9.72 Å². The van der Waals surface area contributed by atoms with E-state index in [2.05, 4.69) is 15.6 Å². The number of carbonyl (C=O) groups is 1. The van der Waals surface area contributed by atoms with E-state index >= 15 is 0 Å². The van der Waals surface area contributed by atoms with Crippen LogP contribution in [0.25, 0.3) is 0 Å². The molecule has 1 heterocycles. The Balaban J connectivity index is 1.60. The Kier molecular flexibility index (Phi) is 5.41. The maximum absolute atomic E-state index is 12.2. The number of nitro benzene ring substituents is 1. The summed E-state index contributed by atoms with van der Waals surface area (Å²) in [6.45, 7) is 2.25. The molecule has 0 bridgehead atoms. The Morgan fingerprint density at radius 2 is 1.74 bits per heavy atom. The molecule has 0 aliphatic rings. The molecule has 3 aromatic rings. The highest BCUT2D eigenvalue weighted by Crippen LogP contribution is 2.22. The third kappa shape index (κ3) is 4.66. The molecule has 7 nitrogen and oxygen atoms in total. The predicted molar refractivity (Wildman–Crippen MR) is 104 cm³/mol. The van der Waals surface area contributed by atoms with E-state index in [0.29, 0.717) is 23.4 Å². The molecule has 0 unspecified atom stereocenters. The zero-order chi connectivity index (χ0) is 19.2. The average molecular weight is 362 g/mol. The van der Waals surface area contributed by atoms with Gasteiger partial charge < -0.3 is 10.6 Å². The SMILES string of the molecule is Cc1cc(NCc2ccc(C(=O)Nc3ccncc3)cc2)ccc1[N+](=O)[O-]. The van der Waals surface area contributed by atoms with Crippen molar-refractivity contribution in [3.8, 4) is 0 Å². The summed E-state index contributed by atoms with van der Waals surface area (Å²) in [4.78, 5) is 26.6. The van der Waals surface area contributed by atoms with Crippen molar-refractivity contribution in [2.45, 2.75) is 13.5 Å². The summed E-state index contributed by atoms with van der Waals surface area (Å²) in [7, 11) is 0. The monoisotopic (exact) mass is 362 g/mol.